The smallest absolute Gasteiger partial charge is 0.249 e. The minimum atomic E-state index is -1.67. The van der Waals surface area contributed by atoms with Gasteiger partial charge in [0.25, 0.3) is 0 Å². The second-order valence-corrected chi connectivity index (χ2v) is 23.2. The molecule has 8 N–H and O–H groups in total. The fraction of sp³-hybridized carbons (Fsp3) is 0.894. The molecule has 11 nitrogen and oxygen atoms in total. The summed E-state index contributed by atoms with van der Waals surface area (Å²) in [5, 5.41) is 76.3. The Bertz CT molecular complexity index is 1350. The Kier molecular flexibility index (Phi) is 52.3. The number of unbranched alkanes of at least 4 members (excludes halogenated alkanes) is 39. The number of amides is 1. The van der Waals surface area contributed by atoms with E-state index in [-0.39, 0.29) is 12.8 Å². The summed E-state index contributed by atoms with van der Waals surface area (Å²) in [4.78, 5) is 13.2. The molecule has 1 heterocycles. The largest absolute Gasteiger partial charge is 0.394 e. The Labute approximate surface area is 473 Å². The SMILES string of the molecule is CCCCCCCCCCCCCC/C=C\CCCCCCCCCCC(O)C(=O)NC(COC1OC(CO)C(O)C(O)C1O)C(O)C(O)CCC/C=C/CC/C=C/CCCCCCCCCCCCCCCCCCC. The Morgan fingerprint density at radius 3 is 1.16 bits per heavy atom. The van der Waals surface area contributed by atoms with E-state index in [1.807, 2.05) is 0 Å². The van der Waals surface area contributed by atoms with Crippen LogP contribution in [0.15, 0.2) is 36.5 Å². The number of aliphatic hydroxyl groups is 7. The summed E-state index contributed by atoms with van der Waals surface area (Å²) in [6.07, 6.45) is 57.9. The molecule has 454 valence electrons. The normalized spacial score (nSPS) is 19.7. The summed E-state index contributed by atoms with van der Waals surface area (Å²) in [6, 6.07) is -1.19. The number of allylic oxidation sites excluding steroid dienone is 6. The summed E-state index contributed by atoms with van der Waals surface area (Å²) in [6.45, 7) is 3.48. The number of hydrogen-bond donors (Lipinski definition) is 8. The summed E-state index contributed by atoms with van der Waals surface area (Å²) in [5.74, 6) is -0.709. The van der Waals surface area contributed by atoms with E-state index >= 15 is 0 Å². The molecule has 9 atom stereocenters. The monoisotopic (exact) mass is 1090 g/mol. The zero-order valence-corrected chi connectivity index (χ0v) is 50.0. The molecule has 0 aromatic carbocycles. The average molecular weight is 1090 g/mol. The lowest BCUT2D eigenvalue weighted by Crippen LogP contribution is -2.60. The van der Waals surface area contributed by atoms with Gasteiger partial charge in [-0.3, -0.25) is 4.79 Å². The maximum Gasteiger partial charge on any atom is 0.249 e. The molecule has 1 aliphatic heterocycles. The van der Waals surface area contributed by atoms with Gasteiger partial charge in [-0.2, -0.15) is 0 Å². The third-order valence-electron chi connectivity index (χ3n) is 15.9. The standard InChI is InChI=1S/C66H125NO10/c1-3-5-7-9-11-13-15-17-19-21-23-25-27-29-30-32-33-35-37-39-41-43-45-47-49-51-53-58(69)61(71)57(56-76-66-64(74)63(73)62(72)60(55-68)77-66)67-65(75)59(70)54-52-50-48-46-44-42-40-38-36-34-31-28-26-24-22-20-18-16-14-12-10-8-6-4-2/h31,34,37,39,45,47,57-64,66,68-74H,3-30,32-33,35-36,38,40-44,46,48-56H2,1-2H3,(H,67,75)/b34-31-,39-37+,47-45+. The zero-order chi connectivity index (χ0) is 56.1. The molecule has 11 heteroatoms. The van der Waals surface area contributed by atoms with E-state index in [0.29, 0.717) is 19.3 Å². The molecule has 0 aromatic rings. The molecule has 0 bridgehead atoms. The van der Waals surface area contributed by atoms with Crippen LogP contribution in [-0.4, -0.2) is 110 Å². The molecule has 77 heavy (non-hydrogen) atoms. The second-order valence-electron chi connectivity index (χ2n) is 23.2. The fourth-order valence-electron chi connectivity index (χ4n) is 10.6. The van der Waals surface area contributed by atoms with Gasteiger partial charge in [0.1, 0.15) is 36.6 Å². The van der Waals surface area contributed by atoms with E-state index in [2.05, 4.69) is 55.6 Å². The van der Waals surface area contributed by atoms with Gasteiger partial charge >= 0.3 is 0 Å². The van der Waals surface area contributed by atoms with Crippen molar-refractivity contribution in [1.29, 1.82) is 0 Å². The first kappa shape index (κ1) is 73.3. The van der Waals surface area contributed by atoms with Gasteiger partial charge in [0.15, 0.2) is 6.29 Å². The van der Waals surface area contributed by atoms with Crippen molar-refractivity contribution >= 4 is 5.91 Å². The van der Waals surface area contributed by atoms with Crippen molar-refractivity contribution in [3.63, 3.8) is 0 Å². The number of aliphatic hydroxyl groups excluding tert-OH is 7. The number of carbonyl (C=O) groups is 1. The van der Waals surface area contributed by atoms with E-state index in [9.17, 15) is 40.5 Å². The topological polar surface area (TPSA) is 189 Å². The first-order chi connectivity index (χ1) is 37.7. The lowest BCUT2D eigenvalue weighted by atomic mass is 9.98. The molecule has 9 unspecified atom stereocenters. The van der Waals surface area contributed by atoms with Gasteiger partial charge in [0, 0.05) is 0 Å². The number of nitrogens with one attached hydrogen (secondary N) is 1. The average Bonchev–Trinajstić information content (AvgIpc) is 3.43. The highest BCUT2D eigenvalue weighted by molar-refractivity contribution is 5.80. The predicted molar refractivity (Wildman–Crippen MR) is 321 cm³/mol. The second kappa shape index (κ2) is 54.9. The van der Waals surface area contributed by atoms with Crippen LogP contribution < -0.4 is 5.32 Å². The van der Waals surface area contributed by atoms with Gasteiger partial charge < -0.3 is 50.5 Å². The van der Waals surface area contributed by atoms with E-state index in [4.69, 9.17) is 9.47 Å². The highest BCUT2D eigenvalue weighted by Crippen LogP contribution is 2.24. The van der Waals surface area contributed by atoms with Crippen molar-refractivity contribution in [2.24, 2.45) is 0 Å². The maximum absolute atomic E-state index is 13.2. The first-order valence-electron chi connectivity index (χ1n) is 32.9. The Morgan fingerprint density at radius 2 is 0.779 bits per heavy atom. The predicted octanol–water partition coefficient (Wildman–Crippen LogP) is 15.0. The Balaban J connectivity index is 2.28. The van der Waals surface area contributed by atoms with Gasteiger partial charge in [0.05, 0.1) is 25.4 Å². The summed E-state index contributed by atoms with van der Waals surface area (Å²) in [7, 11) is 0. The van der Waals surface area contributed by atoms with Crippen LogP contribution in [0.3, 0.4) is 0 Å². The summed E-state index contributed by atoms with van der Waals surface area (Å²) >= 11 is 0. The minimum Gasteiger partial charge on any atom is -0.394 e. The number of ether oxygens (including phenoxy) is 2. The highest BCUT2D eigenvalue weighted by Gasteiger charge is 2.44. The molecule has 1 rings (SSSR count). The molecule has 0 aromatic heterocycles. The Morgan fingerprint density at radius 1 is 0.442 bits per heavy atom. The molecule has 0 saturated carbocycles. The van der Waals surface area contributed by atoms with E-state index in [1.165, 1.54) is 218 Å². The molecule has 1 fully saturated rings. The molecule has 1 aliphatic rings. The quantitative estimate of drug-likeness (QED) is 0.0215. The van der Waals surface area contributed by atoms with Gasteiger partial charge in [-0.15, -0.1) is 0 Å². The molecule has 1 amide bonds. The Hall–Kier alpha value is -1.67. The van der Waals surface area contributed by atoms with Crippen LogP contribution in [0.1, 0.15) is 309 Å². The van der Waals surface area contributed by atoms with Crippen molar-refractivity contribution in [2.75, 3.05) is 13.2 Å². The maximum atomic E-state index is 13.2. The summed E-state index contributed by atoms with van der Waals surface area (Å²) < 4.78 is 11.2. The minimum absolute atomic E-state index is 0.246. The van der Waals surface area contributed by atoms with Crippen LogP contribution in [0.5, 0.6) is 0 Å². The molecule has 0 aliphatic carbocycles. The van der Waals surface area contributed by atoms with Gasteiger partial charge in [-0.1, -0.05) is 269 Å². The van der Waals surface area contributed by atoms with Crippen LogP contribution in [-0.2, 0) is 14.3 Å². The van der Waals surface area contributed by atoms with Gasteiger partial charge in [0.2, 0.25) is 5.91 Å². The van der Waals surface area contributed by atoms with Crippen LogP contribution >= 0.6 is 0 Å². The zero-order valence-electron chi connectivity index (χ0n) is 50.0. The highest BCUT2D eigenvalue weighted by atomic mass is 16.7. The van der Waals surface area contributed by atoms with Crippen molar-refractivity contribution < 1.29 is 50.0 Å². The molecule has 0 radical (unpaired) electrons. The summed E-state index contributed by atoms with van der Waals surface area (Å²) in [5.41, 5.74) is 0. The van der Waals surface area contributed by atoms with Crippen molar-refractivity contribution in [1.82, 2.24) is 5.32 Å². The lowest BCUT2D eigenvalue weighted by Gasteiger charge is -2.40. The van der Waals surface area contributed by atoms with E-state index < -0.39 is 74.2 Å². The van der Waals surface area contributed by atoms with Crippen molar-refractivity contribution in [2.45, 2.75) is 364 Å². The third-order valence-corrected chi connectivity index (χ3v) is 15.9. The van der Waals surface area contributed by atoms with Crippen LogP contribution in [0.4, 0.5) is 0 Å². The number of carbonyl (C=O) groups excluding carboxylic acids is 1. The van der Waals surface area contributed by atoms with Crippen LogP contribution in [0.25, 0.3) is 0 Å². The fourth-order valence-corrected chi connectivity index (χ4v) is 10.6. The number of hydrogen-bond acceptors (Lipinski definition) is 10. The van der Waals surface area contributed by atoms with E-state index in [0.717, 1.165) is 44.9 Å². The molecular formula is C66H125NO10. The molecular weight excluding hydrogens is 967 g/mol. The third kappa shape index (κ3) is 42.8. The molecule has 0 spiro atoms. The van der Waals surface area contributed by atoms with Crippen molar-refractivity contribution in [3.05, 3.63) is 36.5 Å². The van der Waals surface area contributed by atoms with Crippen LogP contribution in [0.2, 0.25) is 0 Å². The van der Waals surface area contributed by atoms with E-state index in [1.54, 1.807) is 0 Å². The first-order valence-corrected chi connectivity index (χ1v) is 32.9. The van der Waals surface area contributed by atoms with Gasteiger partial charge in [-0.25, -0.2) is 0 Å². The number of rotatable bonds is 57. The van der Waals surface area contributed by atoms with Crippen molar-refractivity contribution in [3.8, 4) is 0 Å². The molecule has 1 saturated heterocycles. The van der Waals surface area contributed by atoms with Crippen LogP contribution in [0, 0.1) is 0 Å². The van der Waals surface area contributed by atoms with Gasteiger partial charge in [-0.05, 0) is 77.0 Å². The lowest BCUT2D eigenvalue weighted by molar-refractivity contribution is -0.303.